The molecule has 1 aromatic rings. The molecule has 0 aromatic heterocycles. The van der Waals surface area contributed by atoms with Gasteiger partial charge in [0, 0.05) is 5.69 Å². The second-order valence-corrected chi connectivity index (χ2v) is 5.59. The van der Waals surface area contributed by atoms with E-state index in [1.54, 1.807) is 45.9 Å². The van der Waals surface area contributed by atoms with E-state index in [4.69, 9.17) is 9.47 Å². The maximum absolute atomic E-state index is 11.7. The first-order chi connectivity index (χ1) is 9.24. The Hall–Kier alpha value is -2.24. The maximum atomic E-state index is 11.7. The molecule has 6 heteroatoms. The summed E-state index contributed by atoms with van der Waals surface area (Å²) in [7, 11) is 0. The largest absolute Gasteiger partial charge is 0.479 e. The van der Waals surface area contributed by atoms with Gasteiger partial charge in [-0.15, -0.1) is 0 Å². The molecule has 0 radical (unpaired) electrons. The smallest absolute Gasteiger partial charge is 0.412 e. The predicted octanol–water partition coefficient (Wildman–Crippen LogP) is 2.75. The molecule has 1 heterocycles. The van der Waals surface area contributed by atoms with E-state index < -0.39 is 17.8 Å². The van der Waals surface area contributed by atoms with Gasteiger partial charge in [-0.1, -0.05) is 0 Å². The van der Waals surface area contributed by atoms with E-state index in [1.807, 2.05) is 0 Å². The lowest BCUT2D eigenvalue weighted by atomic mass is 10.2. The molecule has 0 bridgehead atoms. The average Bonchev–Trinajstić information content (AvgIpc) is 2.28. The third-order valence-electron chi connectivity index (χ3n) is 2.56. The van der Waals surface area contributed by atoms with E-state index in [9.17, 15) is 9.59 Å². The Balaban J connectivity index is 2.10. The molecule has 1 aliphatic heterocycles. The van der Waals surface area contributed by atoms with Crippen molar-refractivity contribution in [1.82, 2.24) is 0 Å². The number of rotatable bonds is 1. The van der Waals surface area contributed by atoms with Crippen molar-refractivity contribution in [2.45, 2.75) is 39.4 Å². The molecule has 20 heavy (non-hydrogen) atoms. The van der Waals surface area contributed by atoms with E-state index in [0.29, 0.717) is 17.1 Å². The Morgan fingerprint density at radius 3 is 2.75 bits per heavy atom. The summed E-state index contributed by atoms with van der Waals surface area (Å²) in [5.74, 6) is 0.360. The number of hydrogen-bond acceptors (Lipinski definition) is 4. The number of benzene rings is 1. The normalized spacial score (nSPS) is 17.6. The van der Waals surface area contributed by atoms with Crippen molar-refractivity contribution >= 4 is 23.4 Å². The van der Waals surface area contributed by atoms with Gasteiger partial charge in [0.05, 0.1) is 5.69 Å². The van der Waals surface area contributed by atoms with Gasteiger partial charge in [0.15, 0.2) is 6.10 Å². The Kier molecular flexibility index (Phi) is 3.57. The number of fused-ring (bicyclic) bond motifs is 1. The van der Waals surface area contributed by atoms with Gasteiger partial charge in [-0.3, -0.25) is 10.1 Å². The van der Waals surface area contributed by atoms with Crippen LogP contribution in [0.2, 0.25) is 0 Å². The number of ether oxygens (including phenoxy) is 2. The highest BCUT2D eigenvalue weighted by atomic mass is 16.6. The third kappa shape index (κ3) is 3.40. The van der Waals surface area contributed by atoms with Crippen molar-refractivity contribution < 1.29 is 19.1 Å². The van der Waals surface area contributed by atoms with Gasteiger partial charge < -0.3 is 14.8 Å². The van der Waals surface area contributed by atoms with Gasteiger partial charge in [-0.2, -0.15) is 0 Å². The SMILES string of the molecule is CC1Oc2ccc(NC(=O)OC(C)(C)C)cc2NC1=O. The summed E-state index contributed by atoms with van der Waals surface area (Å²) in [6, 6.07) is 5.01. The third-order valence-corrected chi connectivity index (χ3v) is 2.56. The minimum Gasteiger partial charge on any atom is -0.479 e. The topological polar surface area (TPSA) is 76.7 Å². The van der Waals surface area contributed by atoms with Crippen LogP contribution in [-0.2, 0) is 9.53 Å². The summed E-state index contributed by atoms with van der Waals surface area (Å²) in [6.07, 6.45) is -1.07. The molecule has 1 unspecified atom stereocenters. The van der Waals surface area contributed by atoms with Gasteiger partial charge in [-0.05, 0) is 45.9 Å². The van der Waals surface area contributed by atoms with Crippen LogP contribution < -0.4 is 15.4 Å². The van der Waals surface area contributed by atoms with Crippen molar-refractivity contribution in [3.63, 3.8) is 0 Å². The fourth-order valence-corrected chi connectivity index (χ4v) is 1.71. The molecular weight excluding hydrogens is 260 g/mol. The number of carbonyl (C=O) groups is 2. The Morgan fingerprint density at radius 2 is 2.10 bits per heavy atom. The van der Waals surface area contributed by atoms with Crippen LogP contribution in [0, 0.1) is 0 Å². The lowest BCUT2D eigenvalue weighted by molar-refractivity contribution is -0.122. The molecule has 1 atom stereocenters. The molecule has 2 rings (SSSR count). The van der Waals surface area contributed by atoms with Gasteiger partial charge in [0.25, 0.3) is 5.91 Å². The maximum Gasteiger partial charge on any atom is 0.412 e. The second kappa shape index (κ2) is 5.03. The number of hydrogen-bond donors (Lipinski definition) is 2. The zero-order valence-electron chi connectivity index (χ0n) is 11.9. The van der Waals surface area contributed by atoms with E-state index in [1.165, 1.54) is 0 Å². The van der Waals surface area contributed by atoms with Gasteiger partial charge in [0.1, 0.15) is 11.4 Å². The van der Waals surface area contributed by atoms with Gasteiger partial charge in [-0.25, -0.2) is 4.79 Å². The molecule has 0 fully saturated rings. The zero-order valence-corrected chi connectivity index (χ0v) is 11.9. The molecular formula is C14H18N2O4. The van der Waals surface area contributed by atoms with Crippen molar-refractivity contribution in [3.8, 4) is 5.75 Å². The van der Waals surface area contributed by atoms with Crippen LogP contribution in [-0.4, -0.2) is 23.7 Å². The number of carbonyl (C=O) groups excluding carboxylic acids is 2. The van der Waals surface area contributed by atoms with Crippen LogP contribution in [0.25, 0.3) is 0 Å². The molecule has 108 valence electrons. The van der Waals surface area contributed by atoms with Crippen molar-refractivity contribution in [1.29, 1.82) is 0 Å². The molecule has 6 nitrogen and oxygen atoms in total. The molecule has 0 spiro atoms. The highest BCUT2D eigenvalue weighted by Gasteiger charge is 2.24. The summed E-state index contributed by atoms with van der Waals surface area (Å²) in [6.45, 7) is 7.03. The molecule has 1 aliphatic rings. The highest BCUT2D eigenvalue weighted by Crippen LogP contribution is 2.32. The minimum absolute atomic E-state index is 0.216. The molecule has 1 aromatic carbocycles. The highest BCUT2D eigenvalue weighted by molar-refractivity contribution is 5.98. The molecule has 0 aliphatic carbocycles. The molecule has 2 N–H and O–H groups in total. The Labute approximate surface area is 117 Å². The van der Waals surface area contributed by atoms with Crippen LogP contribution in [0.5, 0.6) is 5.75 Å². The number of amides is 2. The predicted molar refractivity (Wildman–Crippen MR) is 75.0 cm³/mol. The van der Waals surface area contributed by atoms with Crippen LogP contribution in [0.1, 0.15) is 27.7 Å². The lowest BCUT2D eigenvalue weighted by Gasteiger charge is -2.24. The average molecular weight is 278 g/mol. The Morgan fingerprint density at radius 1 is 1.40 bits per heavy atom. The van der Waals surface area contributed by atoms with Crippen molar-refractivity contribution in [3.05, 3.63) is 18.2 Å². The van der Waals surface area contributed by atoms with Crippen molar-refractivity contribution in [2.24, 2.45) is 0 Å². The molecule has 0 saturated heterocycles. The van der Waals surface area contributed by atoms with Crippen molar-refractivity contribution in [2.75, 3.05) is 10.6 Å². The molecule has 0 saturated carbocycles. The van der Waals surface area contributed by atoms with Crippen LogP contribution >= 0.6 is 0 Å². The standard InChI is InChI=1S/C14H18N2O4/c1-8-12(17)16-10-7-9(5-6-11(10)19-8)15-13(18)20-14(2,3)4/h5-8H,1-4H3,(H,15,18)(H,16,17). The summed E-state index contributed by atoms with van der Waals surface area (Å²) in [5.41, 5.74) is 0.489. The second-order valence-electron chi connectivity index (χ2n) is 5.59. The van der Waals surface area contributed by atoms with E-state index in [0.717, 1.165) is 0 Å². The summed E-state index contributed by atoms with van der Waals surface area (Å²) in [4.78, 5) is 23.2. The minimum atomic E-state index is -0.564. The first kappa shape index (κ1) is 14.2. The molecule has 2 amide bonds. The van der Waals surface area contributed by atoms with Crippen LogP contribution in [0.4, 0.5) is 16.2 Å². The fraction of sp³-hybridized carbons (Fsp3) is 0.429. The van der Waals surface area contributed by atoms with E-state index in [-0.39, 0.29) is 5.91 Å². The first-order valence-electron chi connectivity index (χ1n) is 6.36. The van der Waals surface area contributed by atoms with Crippen LogP contribution in [0.15, 0.2) is 18.2 Å². The van der Waals surface area contributed by atoms with E-state index in [2.05, 4.69) is 10.6 Å². The lowest BCUT2D eigenvalue weighted by Crippen LogP contribution is -2.34. The monoisotopic (exact) mass is 278 g/mol. The van der Waals surface area contributed by atoms with Gasteiger partial charge >= 0.3 is 6.09 Å². The fourth-order valence-electron chi connectivity index (χ4n) is 1.71. The summed E-state index contributed by atoms with van der Waals surface area (Å²) >= 11 is 0. The van der Waals surface area contributed by atoms with E-state index >= 15 is 0 Å². The number of nitrogens with one attached hydrogen (secondary N) is 2. The Bertz CT molecular complexity index is 549. The summed E-state index contributed by atoms with van der Waals surface area (Å²) < 4.78 is 10.6. The first-order valence-corrected chi connectivity index (χ1v) is 6.36. The zero-order chi connectivity index (χ0) is 14.9. The van der Waals surface area contributed by atoms with Gasteiger partial charge in [0.2, 0.25) is 0 Å². The van der Waals surface area contributed by atoms with Crippen LogP contribution in [0.3, 0.4) is 0 Å². The number of anilines is 2. The summed E-state index contributed by atoms with van der Waals surface area (Å²) in [5, 5.41) is 5.32. The quantitative estimate of drug-likeness (QED) is 0.828.